The van der Waals surface area contributed by atoms with Gasteiger partial charge in [0.2, 0.25) is 0 Å². The number of carbonyl (C=O) groups is 3. The van der Waals surface area contributed by atoms with Gasteiger partial charge >= 0.3 is 6.09 Å². The van der Waals surface area contributed by atoms with Crippen LogP contribution < -0.4 is 0 Å². The van der Waals surface area contributed by atoms with E-state index in [1.165, 1.54) is 10.5 Å². The molecule has 7 nitrogen and oxygen atoms in total. The number of imide groups is 1. The van der Waals surface area contributed by atoms with E-state index in [0.717, 1.165) is 11.1 Å². The first kappa shape index (κ1) is 23.3. The molecule has 2 fully saturated rings. The molecule has 33 heavy (non-hydrogen) atoms. The van der Waals surface area contributed by atoms with Crippen molar-refractivity contribution in [2.24, 2.45) is 5.41 Å². The highest BCUT2D eigenvalue weighted by atomic mass is 35.5. The van der Waals surface area contributed by atoms with Crippen LogP contribution in [0.15, 0.2) is 48.5 Å². The van der Waals surface area contributed by atoms with E-state index in [-0.39, 0.29) is 12.5 Å². The number of nitrogens with zero attached hydrogens (tertiary/aromatic N) is 3. The van der Waals surface area contributed by atoms with E-state index < -0.39 is 23.3 Å². The van der Waals surface area contributed by atoms with E-state index in [4.69, 9.17) is 16.4 Å². The standard InChI is InChI=1S/C25H28ClN3O4/c1-17-4-6-18(7-5-17)22(19-8-10-20(26)11-9-19)27-12-14-28(15-13-27)24(32)33-29-21(30)16-25(2,3)23(29)31/h4-11,22H,12-16H2,1-3H3. The third-order valence-electron chi connectivity index (χ3n) is 6.27. The lowest BCUT2D eigenvalue weighted by molar-refractivity contribution is -0.176. The molecule has 8 heteroatoms. The van der Waals surface area contributed by atoms with Gasteiger partial charge in [-0.15, -0.1) is 5.06 Å². The van der Waals surface area contributed by atoms with Crippen molar-refractivity contribution in [2.75, 3.05) is 26.2 Å². The van der Waals surface area contributed by atoms with Gasteiger partial charge in [0.15, 0.2) is 0 Å². The Morgan fingerprint density at radius 1 is 0.939 bits per heavy atom. The van der Waals surface area contributed by atoms with Gasteiger partial charge in [0, 0.05) is 37.6 Å². The van der Waals surface area contributed by atoms with Gasteiger partial charge in [0.25, 0.3) is 11.8 Å². The van der Waals surface area contributed by atoms with Crippen LogP contribution in [0.3, 0.4) is 0 Å². The molecule has 2 aromatic rings. The molecule has 0 spiro atoms. The molecule has 0 radical (unpaired) electrons. The molecule has 3 amide bonds. The summed E-state index contributed by atoms with van der Waals surface area (Å²) in [5, 5.41) is 1.31. The fourth-order valence-electron chi connectivity index (χ4n) is 4.31. The Morgan fingerprint density at radius 2 is 1.48 bits per heavy atom. The minimum atomic E-state index is -0.851. The lowest BCUT2D eigenvalue weighted by atomic mass is 9.92. The molecular weight excluding hydrogens is 442 g/mol. The van der Waals surface area contributed by atoms with Crippen molar-refractivity contribution >= 4 is 29.5 Å². The van der Waals surface area contributed by atoms with Crippen LogP contribution in [-0.2, 0) is 14.4 Å². The fraction of sp³-hybridized carbons (Fsp3) is 0.400. The van der Waals surface area contributed by atoms with Crippen LogP contribution in [0.2, 0.25) is 5.02 Å². The number of piperazine rings is 1. The third kappa shape index (κ3) is 4.89. The van der Waals surface area contributed by atoms with Crippen molar-refractivity contribution in [3.8, 4) is 0 Å². The van der Waals surface area contributed by atoms with Crippen LogP contribution in [0.5, 0.6) is 0 Å². The van der Waals surface area contributed by atoms with Gasteiger partial charge in [0.1, 0.15) is 0 Å². The second kappa shape index (κ2) is 9.15. The van der Waals surface area contributed by atoms with Crippen LogP contribution in [-0.4, -0.2) is 58.9 Å². The highest BCUT2D eigenvalue weighted by molar-refractivity contribution is 6.30. The summed E-state index contributed by atoms with van der Waals surface area (Å²) in [6.45, 7) is 7.47. The minimum absolute atomic E-state index is 0.0172. The van der Waals surface area contributed by atoms with E-state index in [2.05, 4.69) is 36.1 Å². The summed E-state index contributed by atoms with van der Waals surface area (Å²) in [4.78, 5) is 46.2. The molecule has 2 saturated heterocycles. The van der Waals surface area contributed by atoms with Crippen molar-refractivity contribution < 1.29 is 19.2 Å². The number of halogens is 1. The van der Waals surface area contributed by atoms with Gasteiger partial charge in [-0.3, -0.25) is 14.5 Å². The largest absolute Gasteiger partial charge is 0.434 e. The first-order valence-electron chi connectivity index (χ1n) is 11.1. The van der Waals surface area contributed by atoms with Crippen LogP contribution in [0, 0.1) is 12.3 Å². The first-order valence-corrected chi connectivity index (χ1v) is 11.4. The maximum atomic E-state index is 12.7. The molecule has 0 aromatic heterocycles. The normalized spacial score (nSPS) is 19.6. The van der Waals surface area contributed by atoms with Crippen molar-refractivity contribution in [3.63, 3.8) is 0 Å². The molecule has 0 N–H and O–H groups in total. The molecule has 2 aromatic carbocycles. The number of hydroxylamine groups is 2. The summed E-state index contributed by atoms with van der Waals surface area (Å²) in [6, 6.07) is 16.3. The van der Waals surface area contributed by atoms with Crippen molar-refractivity contribution in [3.05, 3.63) is 70.2 Å². The lowest BCUT2D eigenvalue weighted by Gasteiger charge is -2.39. The lowest BCUT2D eigenvalue weighted by Crippen LogP contribution is -2.51. The summed E-state index contributed by atoms with van der Waals surface area (Å²) < 4.78 is 0. The van der Waals surface area contributed by atoms with Crippen LogP contribution >= 0.6 is 11.6 Å². The summed E-state index contributed by atoms with van der Waals surface area (Å²) >= 11 is 6.11. The van der Waals surface area contributed by atoms with Crippen molar-refractivity contribution in [2.45, 2.75) is 33.2 Å². The predicted octanol–water partition coefficient (Wildman–Crippen LogP) is 4.19. The Bertz CT molecular complexity index is 999. The minimum Gasteiger partial charge on any atom is -0.311 e. The molecule has 174 valence electrons. The first-order chi connectivity index (χ1) is 15.7. The average Bonchev–Trinajstić information content (AvgIpc) is 2.98. The zero-order valence-electron chi connectivity index (χ0n) is 19.1. The number of hydrogen-bond acceptors (Lipinski definition) is 5. The molecule has 0 bridgehead atoms. The summed E-state index contributed by atoms with van der Waals surface area (Å²) in [5.41, 5.74) is 2.62. The third-order valence-corrected chi connectivity index (χ3v) is 6.52. The van der Waals surface area contributed by atoms with Gasteiger partial charge in [-0.05, 0) is 30.2 Å². The van der Waals surface area contributed by atoms with Gasteiger partial charge in [-0.1, -0.05) is 67.4 Å². The average molecular weight is 470 g/mol. The zero-order chi connectivity index (χ0) is 23.8. The number of aryl methyl sites for hydroxylation is 1. The SMILES string of the molecule is Cc1ccc(C(c2ccc(Cl)cc2)N2CCN(C(=O)ON3C(=O)CC(C)(C)C3=O)CC2)cc1. The molecule has 2 heterocycles. The van der Waals surface area contributed by atoms with Crippen LogP contribution in [0.4, 0.5) is 4.79 Å². The second-order valence-corrected chi connectivity index (χ2v) is 9.74. The van der Waals surface area contributed by atoms with E-state index in [0.29, 0.717) is 36.3 Å². The summed E-state index contributed by atoms with van der Waals surface area (Å²) in [7, 11) is 0. The Hall–Kier alpha value is -2.90. The van der Waals surface area contributed by atoms with E-state index >= 15 is 0 Å². The molecule has 4 rings (SSSR count). The molecule has 0 aliphatic carbocycles. The smallest absolute Gasteiger partial charge is 0.311 e. The van der Waals surface area contributed by atoms with Gasteiger partial charge in [-0.2, -0.15) is 0 Å². The van der Waals surface area contributed by atoms with Gasteiger partial charge < -0.3 is 9.74 Å². The number of rotatable bonds is 4. The van der Waals surface area contributed by atoms with E-state index in [9.17, 15) is 14.4 Å². The highest BCUT2D eigenvalue weighted by Crippen LogP contribution is 2.33. The fourth-order valence-corrected chi connectivity index (χ4v) is 4.44. The van der Waals surface area contributed by atoms with Crippen molar-refractivity contribution in [1.29, 1.82) is 0 Å². The molecule has 2 aliphatic rings. The van der Waals surface area contributed by atoms with Crippen molar-refractivity contribution in [1.82, 2.24) is 14.9 Å². The molecule has 1 atom stereocenters. The molecule has 1 unspecified atom stereocenters. The van der Waals surface area contributed by atoms with Gasteiger partial charge in [0.05, 0.1) is 11.5 Å². The van der Waals surface area contributed by atoms with Crippen LogP contribution in [0.1, 0.15) is 43.0 Å². The quantitative estimate of drug-likeness (QED) is 0.628. The number of benzene rings is 2. The summed E-state index contributed by atoms with van der Waals surface area (Å²) in [6.07, 6.45) is -0.640. The molecule has 2 aliphatic heterocycles. The van der Waals surface area contributed by atoms with Gasteiger partial charge in [-0.25, -0.2) is 4.79 Å². The topological polar surface area (TPSA) is 70.2 Å². The number of amides is 3. The highest BCUT2D eigenvalue weighted by Gasteiger charge is 2.48. The summed E-state index contributed by atoms with van der Waals surface area (Å²) in [5.74, 6) is -0.971. The Kier molecular flexibility index (Phi) is 6.45. The molecule has 0 saturated carbocycles. The molecular formula is C25H28ClN3O4. The Balaban J connectivity index is 1.45. The Labute approximate surface area is 198 Å². The number of carbonyl (C=O) groups excluding carboxylic acids is 3. The van der Waals surface area contributed by atoms with E-state index in [1.54, 1.807) is 13.8 Å². The predicted molar refractivity (Wildman–Crippen MR) is 124 cm³/mol. The zero-order valence-corrected chi connectivity index (χ0v) is 19.8. The maximum Gasteiger partial charge on any atom is 0.434 e. The number of hydrogen-bond donors (Lipinski definition) is 0. The monoisotopic (exact) mass is 469 g/mol. The van der Waals surface area contributed by atoms with Crippen LogP contribution in [0.25, 0.3) is 0 Å². The van der Waals surface area contributed by atoms with E-state index in [1.807, 2.05) is 24.3 Å². The Morgan fingerprint density at radius 3 is 2.00 bits per heavy atom. The maximum absolute atomic E-state index is 12.7. The second-order valence-electron chi connectivity index (χ2n) is 9.30.